The minimum Gasteiger partial charge on any atom is -0.439 e. The van der Waals surface area contributed by atoms with Gasteiger partial charge < -0.3 is 4.42 Å². The van der Waals surface area contributed by atoms with Crippen molar-refractivity contribution in [3.05, 3.63) is 40.9 Å². The zero-order valence-electron chi connectivity index (χ0n) is 6.80. The van der Waals surface area contributed by atoms with Crippen LogP contribution in [-0.2, 0) is 0 Å². The molecule has 1 aromatic carbocycles. The van der Waals surface area contributed by atoms with Crippen molar-refractivity contribution in [1.82, 2.24) is 4.98 Å². The predicted molar refractivity (Wildman–Crippen MR) is 49.6 cm³/mol. The molecule has 2 aromatic rings. The van der Waals surface area contributed by atoms with Crippen molar-refractivity contribution in [2.24, 2.45) is 0 Å². The van der Waals surface area contributed by atoms with Gasteiger partial charge in [-0.15, -0.1) is 0 Å². The first-order chi connectivity index (χ1) is 6.68. The van der Waals surface area contributed by atoms with Gasteiger partial charge in [-0.3, -0.25) is 0 Å². The third-order valence-corrected chi connectivity index (χ3v) is 2.06. The van der Waals surface area contributed by atoms with E-state index >= 15 is 0 Å². The van der Waals surface area contributed by atoms with E-state index in [1.54, 1.807) is 0 Å². The maximum atomic E-state index is 13.2. The van der Waals surface area contributed by atoms with E-state index in [0.29, 0.717) is 0 Å². The summed E-state index contributed by atoms with van der Waals surface area (Å²) >= 11 is 2.96. The second kappa shape index (κ2) is 3.49. The van der Waals surface area contributed by atoms with Gasteiger partial charge in [0, 0.05) is 15.9 Å². The van der Waals surface area contributed by atoms with E-state index in [9.17, 15) is 8.78 Å². The van der Waals surface area contributed by atoms with E-state index in [4.69, 9.17) is 4.42 Å². The molecular formula is C9H4BrF2NO. The summed E-state index contributed by atoms with van der Waals surface area (Å²) in [5, 5.41) is 0. The van der Waals surface area contributed by atoms with Crippen molar-refractivity contribution >= 4 is 15.9 Å². The van der Waals surface area contributed by atoms with Crippen LogP contribution < -0.4 is 0 Å². The number of rotatable bonds is 1. The summed E-state index contributed by atoms with van der Waals surface area (Å²) in [6.07, 6.45) is 1.19. The Labute approximate surface area is 86.7 Å². The lowest BCUT2D eigenvalue weighted by atomic mass is 10.1. The van der Waals surface area contributed by atoms with Crippen LogP contribution in [0.5, 0.6) is 0 Å². The van der Waals surface area contributed by atoms with Gasteiger partial charge in [0.1, 0.15) is 23.6 Å². The zero-order chi connectivity index (χ0) is 10.1. The summed E-state index contributed by atoms with van der Waals surface area (Å²) < 4.78 is 31.2. The van der Waals surface area contributed by atoms with E-state index in [1.807, 2.05) is 0 Å². The molecule has 0 saturated carbocycles. The van der Waals surface area contributed by atoms with Crippen molar-refractivity contribution in [2.45, 2.75) is 0 Å². The lowest BCUT2D eigenvalue weighted by molar-refractivity contribution is 0.528. The van der Waals surface area contributed by atoms with Crippen LogP contribution >= 0.6 is 15.9 Å². The fourth-order valence-corrected chi connectivity index (χ4v) is 1.39. The summed E-state index contributed by atoms with van der Waals surface area (Å²) in [5.74, 6) is -1.32. The Morgan fingerprint density at radius 2 is 1.86 bits per heavy atom. The Balaban J connectivity index is 2.61. The van der Waals surface area contributed by atoms with Gasteiger partial charge in [-0.1, -0.05) is 6.07 Å². The highest BCUT2D eigenvalue weighted by molar-refractivity contribution is 9.10. The van der Waals surface area contributed by atoms with E-state index in [1.165, 1.54) is 24.5 Å². The van der Waals surface area contributed by atoms with Crippen LogP contribution in [0.25, 0.3) is 11.3 Å². The third kappa shape index (κ3) is 1.55. The van der Waals surface area contributed by atoms with Crippen LogP contribution in [0.3, 0.4) is 0 Å². The highest BCUT2D eigenvalue weighted by Gasteiger charge is 2.14. The summed E-state index contributed by atoms with van der Waals surface area (Å²) in [4.78, 5) is 3.96. The Kier molecular flexibility index (Phi) is 2.33. The molecular weight excluding hydrogens is 256 g/mol. The molecule has 1 aromatic heterocycles. The van der Waals surface area contributed by atoms with Crippen LogP contribution in [0.1, 0.15) is 0 Å². The highest BCUT2D eigenvalue weighted by atomic mass is 79.9. The fraction of sp³-hybridized carbons (Fsp3) is 0. The largest absolute Gasteiger partial charge is 0.439 e. The monoisotopic (exact) mass is 259 g/mol. The van der Waals surface area contributed by atoms with Gasteiger partial charge in [-0.05, 0) is 12.1 Å². The molecule has 0 amide bonds. The molecule has 0 fully saturated rings. The van der Waals surface area contributed by atoms with Crippen LogP contribution in [0.4, 0.5) is 8.78 Å². The molecule has 0 radical (unpaired) electrons. The maximum absolute atomic E-state index is 13.2. The lowest BCUT2D eigenvalue weighted by Crippen LogP contribution is -1.89. The Hall–Kier alpha value is -1.23. The fourth-order valence-electron chi connectivity index (χ4n) is 1.11. The number of oxazole rings is 1. The van der Waals surface area contributed by atoms with Gasteiger partial charge in [-0.2, -0.15) is 0 Å². The third-order valence-electron chi connectivity index (χ3n) is 1.70. The van der Waals surface area contributed by atoms with Gasteiger partial charge in [0.2, 0.25) is 0 Å². The summed E-state index contributed by atoms with van der Waals surface area (Å²) in [6.45, 7) is 0. The van der Waals surface area contributed by atoms with Crippen LogP contribution in [-0.4, -0.2) is 4.98 Å². The minimum atomic E-state index is -0.661. The second-order valence-corrected chi connectivity index (χ2v) is 3.26. The number of hydrogen-bond acceptors (Lipinski definition) is 2. The SMILES string of the molecule is Fc1cccc(F)c1-c1coc(Br)n1. The van der Waals surface area contributed by atoms with E-state index in [-0.39, 0.29) is 16.1 Å². The van der Waals surface area contributed by atoms with Gasteiger partial charge in [0.15, 0.2) is 0 Å². The average Bonchev–Trinajstić information content (AvgIpc) is 2.51. The lowest BCUT2D eigenvalue weighted by Gasteiger charge is -1.98. The van der Waals surface area contributed by atoms with E-state index in [0.717, 1.165) is 0 Å². The van der Waals surface area contributed by atoms with Crippen LogP contribution in [0.2, 0.25) is 0 Å². The first-order valence-corrected chi connectivity index (χ1v) is 4.53. The standard InChI is InChI=1S/C9H4BrF2NO/c10-9-13-7(4-14-9)8-5(11)2-1-3-6(8)12/h1-4H. The van der Waals surface area contributed by atoms with Gasteiger partial charge in [-0.25, -0.2) is 13.8 Å². The zero-order valence-corrected chi connectivity index (χ0v) is 8.38. The molecule has 2 nitrogen and oxygen atoms in total. The Morgan fingerprint density at radius 3 is 2.36 bits per heavy atom. The van der Waals surface area contributed by atoms with Crippen molar-refractivity contribution in [3.63, 3.8) is 0 Å². The van der Waals surface area contributed by atoms with Crippen LogP contribution in [0, 0.1) is 11.6 Å². The molecule has 0 aliphatic heterocycles. The van der Waals surface area contributed by atoms with Crippen molar-refractivity contribution in [1.29, 1.82) is 0 Å². The minimum absolute atomic E-state index is 0.132. The van der Waals surface area contributed by atoms with Gasteiger partial charge in [0.05, 0.1) is 5.56 Å². The first kappa shape index (κ1) is 9.33. The second-order valence-electron chi connectivity index (χ2n) is 2.58. The Morgan fingerprint density at radius 1 is 1.21 bits per heavy atom. The maximum Gasteiger partial charge on any atom is 0.264 e. The number of benzene rings is 1. The van der Waals surface area contributed by atoms with Gasteiger partial charge in [0.25, 0.3) is 4.80 Å². The number of aromatic nitrogens is 1. The number of nitrogens with zero attached hydrogens (tertiary/aromatic N) is 1. The van der Waals surface area contributed by atoms with Gasteiger partial charge >= 0.3 is 0 Å². The first-order valence-electron chi connectivity index (χ1n) is 3.74. The summed E-state index contributed by atoms with van der Waals surface area (Å²) in [5.41, 5.74) is -0.0468. The predicted octanol–water partition coefficient (Wildman–Crippen LogP) is 3.38. The molecule has 0 spiro atoms. The number of hydrogen-bond donors (Lipinski definition) is 0. The molecule has 0 unspecified atom stereocenters. The topological polar surface area (TPSA) is 26.0 Å². The van der Waals surface area contributed by atoms with Crippen molar-refractivity contribution < 1.29 is 13.2 Å². The molecule has 1 heterocycles. The smallest absolute Gasteiger partial charge is 0.264 e. The molecule has 2 rings (SSSR count). The average molecular weight is 260 g/mol. The summed E-state index contributed by atoms with van der Waals surface area (Å²) in [6, 6.07) is 3.63. The highest BCUT2D eigenvalue weighted by Crippen LogP contribution is 2.26. The van der Waals surface area contributed by atoms with Crippen molar-refractivity contribution in [2.75, 3.05) is 0 Å². The molecule has 0 aliphatic carbocycles. The quantitative estimate of drug-likeness (QED) is 0.785. The molecule has 0 N–H and O–H groups in total. The van der Waals surface area contributed by atoms with Crippen molar-refractivity contribution in [3.8, 4) is 11.3 Å². The Bertz CT molecular complexity index is 449. The molecule has 5 heteroatoms. The normalized spacial score (nSPS) is 10.5. The van der Waals surface area contributed by atoms with E-state index < -0.39 is 11.6 Å². The molecule has 72 valence electrons. The molecule has 0 aliphatic rings. The summed E-state index contributed by atoms with van der Waals surface area (Å²) in [7, 11) is 0. The van der Waals surface area contributed by atoms with Crippen LogP contribution in [0.15, 0.2) is 33.7 Å². The molecule has 0 bridgehead atoms. The number of halogens is 3. The van der Waals surface area contributed by atoms with E-state index in [2.05, 4.69) is 20.9 Å². The molecule has 0 saturated heterocycles. The molecule has 0 atom stereocenters. The molecule has 14 heavy (non-hydrogen) atoms.